The van der Waals surface area contributed by atoms with Crippen LogP contribution >= 0.6 is 0 Å². The standard InChI is InChI=1S/C30H28N6O/c1-2-26(37)20-8-6-19(7-9-20)24-14-15-25-29(34-24)36(28(35-25)23-5-3-18-33-27(23)31)22-12-10-21(11-13-22)30(32)16-4-17-30/h3,5-15,18H,2,4,16-17,32H2,1H3,(H2,31,33). The van der Waals surface area contributed by atoms with Crippen LogP contribution in [0.2, 0.25) is 0 Å². The molecule has 0 saturated heterocycles. The van der Waals surface area contributed by atoms with E-state index >= 15 is 0 Å². The van der Waals surface area contributed by atoms with Crippen LogP contribution in [0.15, 0.2) is 79.0 Å². The van der Waals surface area contributed by atoms with E-state index in [2.05, 4.69) is 29.2 Å². The van der Waals surface area contributed by atoms with E-state index in [4.69, 9.17) is 21.4 Å². The molecule has 7 heteroatoms. The third kappa shape index (κ3) is 3.97. The lowest BCUT2D eigenvalue weighted by molar-refractivity contribution is 0.0988. The number of hydrogen-bond donors (Lipinski definition) is 2. The van der Waals surface area contributed by atoms with Crippen molar-refractivity contribution in [1.82, 2.24) is 19.5 Å². The molecule has 7 nitrogen and oxygen atoms in total. The summed E-state index contributed by atoms with van der Waals surface area (Å²) in [6, 6.07) is 23.6. The summed E-state index contributed by atoms with van der Waals surface area (Å²) in [6.45, 7) is 1.87. The molecular formula is C30H28N6O. The number of nitrogens with zero attached hydrogens (tertiary/aromatic N) is 4. The molecular weight excluding hydrogens is 460 g/mol. The number of benzene rings is 2. The monoisotopic (exact) mass is 488 g/mol. The molecule has 1 aliphatic rings. The van der Waals surface area contributed by atoms with E-state index in [1.165, 1.54) is 0 Å². The Kier molecular flexibility index (Phi) is 5.57. The topological polar surface area (TPSA) is 113 Å². The van der Waals surface area contributed by atoms with E-state index in [0.717, 1.165) is 52.9 Å². The molecule has 0 aliphatic heterocycles. The van der Waals surface area contributed by atoms with Crippen LogP contribution in [-0.2, 0) is 5.54 Å². The molecule has 5 aromatic rings. The zero-order valence-corrected chi connectivity index (χ0v) is 20.7. The zero-order chi connectivity index (χ0) is 25.6. The quantitative estimate of drug-likeness (QED) is 0.298. The van der Waals surface area contributed by atoms with Crippen molar-refractivity contribution < 1.29 is 4.79 Å². The fourth-order valence-electron chi connectivity index (χ4n) is 4.97. The largest absolute Gasteiger partial charge is 0.383 e. The molecule has 3 heterocycles. The number of aromatic nitrogens is 4. The number of fused-ring (bicyclic) bond motifs is 1. The molecule has 0 amide bonds. The number of hydrogen-bond acceptors (Lipinski definition) is 6. The Bertz CT molecular complexity index is 1620. The van der Waals surface area contributed by atoms with E-state index in [-0.39, 0.29) is 11.3 Å². The van der Waals surface area contributed by atoms with Gasteiger partial charge < -0.3 is 11.5 Å². The predicted molar refractivity (Wildman–Crippen MR) is 146 cm³/mol. The average molecular weight is 489 g/mol. The minimum atomic E-state index is -0.233. The van der Waals surface area contributed by atoms with Gasteiger partial charge in [0.1, 0.15) is 11.3 Å². The van der Waals surface area contributed by atoms with Gasteiger partial charge in [0.2, 0.25) is 0 Å². The van der Waals surface area contributed by atoms with Crippen LogP contribution < -0.4 is 11.5 Å². The maximum Gasteiger partial charge on any atom is 0.165 e. The number of carbonyl (C=O) groups excluding carboxylic acids is 1. The molecule has 0 bridgehead atoms. The van der Waals surface area contributed by atoms with Crippen LogP contribution in [0, 0.1) is 0 Å². The summed E-state index contributed by atoms with van der Waals surface area (Å²) in [4.78, 5) is 26.3. The highest BCUT2D eigenvalue weighted by Crippen LogP contribution is 2.39. The number of ketones is 1. The second kappa shape index (κ2) is 8.94. The number of imidazole rings is 1. The van der Waals surface area contributed by atoms with Gasteiger partial charge in [-0.1, -0.05) is 43.3 Å². The second-order valence-electron chi connectivity index (χ2n) is 9.66. The van der Waals surface area contributed by atoms with Gasteiger partial charge in [-0.25, -0.2) is 15.0 Å². The molecule has 184 valence electrons. The van der Waals surface area contributed by atoms with Gasteiger partial charge >= 0.3 is 0 Å². The number of nitrogens with two attached hydrogens (primary N) is 2. The van der Waals surface area contributed by atoms with Crippen molar-refractivity contribution in [3.63, 3.8) is 0 Å². The van der Waals surface area contributed by atoms with Gasteiger partial charge in [-0.3, -0.25) is 9.36 Å². The van der Waals surface area contributed by atoms with Gasteiger partial charge in [-0.2, -0.15) is 0 Å². The van der Waals surface area contributed by atoms with E-state index in [1.54, 1.807) is 6.20 Å². The summed E-state index contributed by atoms with van der Waals surface area (Å²) in [5, 5.41) is 0. The molecule has 1 saturated carbocycles. The Balaban J connectivity index is 1.51. The van der Waals surface area contributed by atoms with Crippen LogP contribution in [0.5, 0.6) is 0 Å². The highest BCUT2D eigenvalue weighted by Gasteiger charge is 2.34. The van der Waals surface area contributed by atoms with E-state index in [9.17, 15) is 4.79 Å². The second-order valence-corrected chi connectivity index (χ2v) is 9.66. The fourth-order valence-corrected chi connectivity index (χ4v) is 4.97. The first kappa shape index (κ1) is 23.1. The Morgan fingerprint density at radius 2 is 1.73 bits per heavy atom. The van der Waals surface area contributed by atoms with Gasteiger partial charge in [0.15, 0.2) is 17.3 Å². The highest BCUT2D eigenvalue weighted by molar-refractivity contribution is 5.96. The smallest absolute Gasteiger partial charge is 0.165 e. The number of pyridine rings is 2. The van der Waals surface area contributed by atoms with Crippen molar-refractivity contribution in [2.75, 3.05) is 5.73 Å². The number of rotatable bonds is 6. The van der Waals surface area contributed by atoms with Crippen molar-refractivity contribution >= 4 is 22.8 Å². The lowest BCUT2D eigenvalue weighted by Gasteiger charge is -2.38. The summed E-state index contributed by atoms with van der Waals surface area (Å²) in [5.41, 5.74) is 19.3. The Hall–Kier alpha value is -4.36. The first-order valence-corrected chi connectivity index (χ1v) is 12.6. The maximum absolute atomic E-state index is 12.1. The Morgan fingerprint density at radius 3 is 2.38 bits per heavy atom. The SMILES string of the molecule is CCC(=O)c1ccc(-c2ccc3nc(-c4cccnc4N)n(-c4ccc(C5(N)CCC5)cc4)c3n2)cc1. The van der Waals surface area contributed by atoms with E-state index in [1.807, 2.05) is 60.0 Å². The van der Waals surface area contributed by atoms with Crippen molar-refractivity contribution in [3.8, 4) is 28.3 Å². The summed E-state index contributed by atoms with van der Waals surface area (Å²) in [5.74, 6) is 1.20. The van der Waals surface area contributed by atoms with Gasteiger partial charge in [-0.05, 0) is 61.2 Å². The molecule has 0 unspecified atom stereocenters. The van der Waals surface area contributed by atoms with E-state index < -0.39 is 0 Å². The van der Waals surface area contributed by atoms with Gasteiger partial charge in [0.25, 0.3) is 0 Å². The molecule has 0 atom stereocenters. The first-order chi connectivity index (χ1) is 18.0. The van der Waals surface area contributed by atoms with Crippen LogP contribution in [0.4, 0.5) is 5.82 Å². The lowest BCUT2D eigenvalue weighted by atomic mass is 9.73. The van der Waals surface area contributed by atoms with Gasteiger partial charge in [0.05, 0.1) is 11.3 Å². The van der Waals surface area contributed by atoms with Crippen LogP contribution in [-0.4, -0.2) is 25.3 Å². The lowest BCUT2D eigenvalue weighted by Crippen LogP contribution is -2.43. The molecule has 1 aliphatic carbocycles. The average Bonchev–Trinajstić information content (AvgIpc) is 3.30. The summed E-state index contributed by atoms with van der Waals surface area (Å²) in [7, 11) is 0. The third-order valence-electron chi connectivity index (χ3n) is 7.35. The first-order valence-electron chi connectivity index (χ1n) is 12.6. The molecule has 3 aromatic heterocycles. The number of anilines is 1. The molecule has 0 radical (unpaired) electrons. The zero-order valence-electron chi connectivity index (χ0n) is 20.7. The number of nitrogen functional groups attached to an aromatic ring is 1. The predicted octanol–water partition coefficient (Wildman–Crippen LogP) is 5.66. The molecule has 37 heavy (non-hydrogen) atoms. The van der Waals surface area contributed by atoms with Crippen molar-refractivity contribution in [2.45, 2.75) is 38.1 Å². The minimum Gasteiger partial charge on any atom is -0.383 e. The summed E-state index contributed by atoms with van der Waals surface area (Å²) < 4.78 is 2.02. The fraction of sp³-hybridized carbons (Fsp3) is 0.200. The maximum atomic E-state index is 12.1. The van der Waals surface area contributed by atoms with E-state index in [0.29, 0.717) is 29.3 Å². The van der Waals surface area contributed by atoms with Crippen LogP contribution in [0.3, 0.4) is 0 Å². The highest BCUT2D eigenvalue weighted by atomic mass is 16.1. The Labute approximate surface area is 215 Å². The molecule has 2 aromatic carbocycles. The van der Waals surface area contributed by atoms with Crippen LogP contribution in [0.25, 0.3) is 39.5 Å². The molecule has 0 spiro atoms. The summed E-state index contributed by atoms with van der Waals surface area (Å²) in [6.07, 6.45) is 5.32. The molecule has 1 fully saturated rings. The van der Waals surface area contributed by atoms with Crippen LogP contribution in [0.1, 0.15) is 48.5 Å². The minimum absolute atomic E-state index is 0.122. The number of carbonyl (C=O) groups is 1. The summed E-state index contributed by atoms with van der Waals surface area (Å²) >= 11 is 0. The Morgan fingerprint density at radius 1 is 0.973 bits per heavy atom. The van der Waals surface area contributed by atoms with Crippen molar-refractivity contribution in [3.05, 3.63) is 90.1 Å². The normalized spacial score (nSPS) is 14.4. The van der Waals surface area contributed by atoms with Crippen molar-refractivity contribution in [1.29, 1.82) is 0 Å². The molecule has 6 rings (SSSR count). The van der Waals surface area contributed by atoms with Crippen molar-refractivity contribution in [2.24, 2.45) is 5.73 Å². The molecule has 4 N–H and O–H groups in total. The number of Topliss-reactive ketones (excluding diaryl/α,β-unsaturated/α-hetero) is 1. The third-order valence-corrected chi connectivity index (χ3v) is 7.35. The van der Waals surface area contributed by atoms with Gasteiger partial charge in [-0.15, -0.1) is 0 Å². The van der Waals surface area contributed by atoms with Gasteiger partial charge in [0, 0.05) is 35.0 Å².